The lowest BCUT2D eigenvalue weighted by atomic mass is 10.0. The average molecular weight is 548 g/mol. The zero-order valence-corrected chi connectivity index (χ0v) is 21.1. The van der Waals surface area contributed by atoms with Gasteiger partial charge in [-0.25, -0.2) is 8.42 Å². The number of amides is 2. The Morgan fingerprint density at radius 1 is 1.17 bits per heavy atom. The Morgan fingerprint density at radius 2 is 1.86 bits per heavy atom. The van der Waals surface area contributed by atoms with E-state index in [1.807, 2.05) is 0 Å². The van der Waals surface area contributed by atoms with Crippen LogP contribution < -0.4 is 10.1 Å². The zero-order chi connectivity index (χ0) is 26.7. The summed E-state index contributed by atoms with van der Waals surface area (Å²) in [4.78, 5) is 27.1. The molecule has 1 atom stereocenters. The van der Waals surface area contributed by atoms with E-state index in [1.54, 1.807) is 6.07 Å². The highest BCUT2D eigenvalue weighted by Gasteiger charge is 2.34. The molecule has 1 saturated heterocycles. The minimum absolute atomic E-state index is 0.0809. The molecule has 36 heavy (non-hydrogen) atoms. The monoisotopic (exact) mass is 547 g/mol. The van der Waals surface area contributed by atoms with E-state index in [1.165, 1.54) is 48.3 Å². The van der Waals surface area contributed by atoms with E-state index in [4.69, 9.17) is 11.6 Å². The molecule has 1 aliphatic heterocycles. The van der Waals surface area contributed by atoms with Crippen molar-refractivity contribution in [1.29, 1.82) is 0 Å². The number of anilines is 1. The van der Waals surface area contributed by atoms with Crippen LogP contribution in [0.15, 0.2) is 42.5 Å². The van der Waals surface area contributed by atoms with E-state index >= 15 is 0 Å². The molecule has 196 valence electrons. The number of likely N-dealkylation sites (tertiary alicyclic amines) is 1. The highest BCUT2D eigenvalue weighted by Crippen LogP contribution is 2.38. The van der Waals surface area contributed by atoms with E-state index in [0.29, 0.717) is 25.8 Å². The van der Waals surface area contributed by atoms with Gasteiger partial charge in [-0.05, 0) is 37.5 Å². The van der Waals surface area contributed by atoms with E-state index in [2.05, 4.69) is 10.1 Å². The first-order valence-electron chi connectivity index (χ1n) is 10.9. The molecule has 1 fully saturated rings. The van der Waals surface area contributed by atoms with Gasteiger partial charge in [0.05, 0.1) is 17.8 Å². The molecule has 2 amide bonds. The van der Waals surface area contributed by atoms with Gasteiger partial charge < -0.3 is 15.0 Å². The minimum atomic E-state index is -4.88. The second kappa shape index (κ2) is 11.1. The van der Waals surface area contributed by atoms with Crippen LogP contribution in [0.1, 0.15) is 19.3 Å². The molecule has 0 saturated carbocycles. The summed E-state index contributed by atoms with van der Waals surface area (Å²) in [7, 11) is -2.28. The fourth-order valence-electron chi connectivity index (χ4n) is 3.84. The van der Waals surface area contributed by atoms with Gasteiger partial charge in [0.25, 0.3) is 0 Å². The van der Waals surface area contributed by atoms with Crippen LogP contribution in [-0.2, 0) is 19.6 Å². The van der Waals surface area contributed by atoms with Crippen molar-refractivity contribution in [3.05, 3.63) is 47.5 Å². The number of piperidine rings is 1. The van der Waals surface area contributed by atoms with Crippen LogP contribution in [0.5, 0.6) is 5.75 Å². The second-order valence-electron chi connectivity index (χ2n) is 8.35. The summed E-state index contributed by atoms with van der Waals surface area (Å²) in [5.41, 5.74) is 0.679. The first kappa shape index (κ1) is 27.8. The predicted molar refractivity (Wildman–Crippen MR) is 129 cm³/mol. The molecule has 1 N–H and O–H groups in total. The molecule has 0 radical (unpaired) electrons. The molecule has 0 bridgehead atoms. The van der Waals surface area contributed by atoms with Crippen LogP contribution >= 0.6 is 11.6 Å². The topological polar surface area (TPSA) is 96.0 Å². The Labute approximate surface area is 212 Å². The number of carbonyl (C=O) groups excluding carboxylic acids is 2. The number of nitrogens with one attached hydrogen (secondary N) is 1. The van der Waals surface area contributed by atoms with Crippen LogP contribution in [0.25, 0.3) is 11.1 Å². The number of rotatable bonds is 7. The van der Waals surface area contributed by atoms with Gasteiger partial charge in [0.1, 0.15) is 11.8 Å². The van der Waals surface area contributed by atoms with Crippen LogP contribution in [0.2, 0.25) is 5.02 Å². The second-order valence-corrected chi connectivity index (χ2v) is 10.8. The lowest BCUT2D eigenvalue weighted by molar-refractivity contribution is -0.274. The number of para-hydroxylation sites is 1. The maximum atomic E-state index is 13.0. The number of hydrogen-bond acceptors (Lipinski definition) is 5. The molecule has 1 unspecified atom stereocenters. The SMILES string of the molecule is CN(CC(=O)N1CCCCC1C(=O)Nc1ccc(-c2ccccc2OC(F)(F)F)c(Cl)c1)S(C)(=O)=O. The van der Waals surface area contributed by atoms with E-state index in [9.17, 15) is 31.2 Å². The van der Waals surface area contributed by atoms with Crippen LogP contribution in [0, 0.1) is 0 Å². The molecule has 1 heterocycles. The molecule has 0 spiro atoms. The smallest absolute Gasteiger partial charge is 0.405 e. The molecule has 2 aromatic carbocycles. The number of halogens is 4. The third kappa shape index (κ3) is 7.11. The van der Waals surface area contributed by atoms with Gasteiger partial charge in [-0.3, -0.25) is 9.59 Å². The summed E-state index contributed by atoms with van der Waals surface area (Å²) >= 11 is 6.34. The molecule has 1 aliphatic rings. The standard InChI is InChI=1S/C23H25ClF3N3O5S/c1-29(36(2,33)34)14-21(31)30-12-6-5-8-19(30)22(32)28-15-10-11-16(18(24)13-15)17-7-3-4-9-20(17)35-23(25,26)27/h3-4,7,9-11,13,19H,5-6,8,12,14H2,1-2H3,(H,28,32). The quantitative estimate of drug-likeness (QED) is 0.563. The van der Waals surface area contributed by atoms with E-state index in [-0.39, 0.29) is 28.4 Å². The number of carbonyl (C=O) groups is 2. The lowest BCUT2D eigenvalue weighted by Gasteiger charge is -2.35. The number of benzene rings is 2. The number of alkyl halides is 3. The summed E-state index contributed by atoms with van der Waals surface area (Å²) in [5, 5.41) is 2.77. The summed E-state index contributed by atoms with van der Waals surface area (Å²) in [6.45, 7) is -0.0766. The van der Waals surface area contributed by atoms with Crippen molar-refractivity contribution in [2.45, 2.75) is 31.7 Å². The van der Waals surface area contributed by atoms with Gasteiger partial charge >= 0.3 is 6.36 Å². The Kier molecular flexibility index (Phi) is 8.52. The number of hydrogen-bond donors (Lipinski definition) is 1. The van der Waals surface area contributed by atoms with E-state index < -0.39 is 40.0 Å². The van der Waals surface area contributed by atoms with Crippen molar-refractivity contribution in [3.63, 3.8) is 0 Å². The summed E-state index contributed by atoms with van der Waals surface area (Å²) in [6, 6.07) is 9.07. The molecular weight excluding hydrogens is 523 g/mol. The Morgan fingerprint density at radius 3 is 2.50 bits per heavy atom. The van der Waals surface area contributed by atoms with Crippen LogP contribution in [0.4, 0.5) is 18.9 Å². The van der Waals surface area contributed by atoms with Gasteiger partial charge in [0.2, 0.25) is 21.8 Å². The van der Waals surface area contributed by atoms with Crippen molar-refractivity contribution in [3.8, 4) is 16.9 Å². The maximum Gasteiger partial charge on any atom is 0.573 e. The fraction of sp³-hybridized carbons (Fsp3) is 0.391. The van der Waals surface area contributed by atoms with Crippen molar-refractivity contribution in [2.24, 2.45) is 0 Å². The third-order valence-corrected chi connectivity index (χ3v) is 7.26. The van der Waals surface area contributed by atoms with Gasteiger partial charge in [0.15, 0.2) is 0 Å². The van der Waals surface area contributed by atoms with Gasteiger partial charge in [-0.1, -0.05) is 35.9 Å². The van der Waals surface area contributed by atoms with Gasteiger partial charge in [-0.2, -0.15) is 4.31 Å². The normalized spacial score (nSPS) is 16.6. The van der Waals surface area contributed by atoms with Gasteiger partial charge in [0, 0.05) is 30.4 Å². The lowest BCUT2D eigenvalue weighted by Crippen LogP contribution is -2.52. The van der Waals surface area contributed by atoms with Crippen LogP contribution in [0.3, 0.4) is 0 Å². The Balaban J connectivity index is 1.77. The zero-order valence-electron chi connectivity index (χ0n) is 19.5. The first-order chi connectivity index (χ1) is 16.8. The van der Waals surface area contributed by atoms with Crippen molar-refractivity contribution < 1.29 is 35.9 Å². The van der Waals surface area contributed by atoms with Crippen LogP contribution in [-0.4, -0.2) is 68.2 Å². The molecule has 2 aromatic rings. The summed E-state index contributed by atoms with van der Waals surface area (Å²) in [6.07, 6.45) is -2.11. The maximum absolute atomic E-state index is 13.0. The Hall–Kier alpha value is -2.83. The molecule has 0 aliphatic carbocycles. The highest BCUT2D eigenvalue weighted by molar-refractivity contribution is 7.88. The number of nitrogens with zero attached hydrogens (tertiary/aromatic N) is 2. The first-order valence-corrected chi connectivity index (χ1v) is 13.2. The summed E-state index contributed by atoms with van der Waals surface area (Å²) in [5.74, 6) is -1.38. The molecule has 3 rings (SSSR count). The van der Waals surface area contributed by atoms with Crippen molar-refractivity contribution in [2.75, 3.05) is 31.7 Å². The van der Waals surface area contributed by atoms with Gasteiger partial charge in [-0.15, -0.1) is 13.2 Å². The summed E-state index contributed by atoms with van der Waals surface area (Å²) < 4.78 is 66.6. The van der Waals surface area contributed by atoms with Crippen molar-refractivity contribution in [1.82, 2.24) is 9.21 Å². The molecule has 13 heteroatoms. The third-order valence-electron chi connectivity index (χ3n) is 5.69. The Bertz CT molecular complexity index is 1240. The van der Waals surface area contributed by atoms with Crippen molar-refractivity contribution >= 4 is 39.1 Å². The fourth-order valence-corrected chi connectivity index (χ4v) is 4.47. The molecular formula is C23H25ClF3N3O5S. The predicted octanol–water partition coefficient (Wildman–Crippen LogP) is 4.12. The highest BCUT2D eigenvalue weighted by atomic mass is 35.5. The minimum Gasteiger partial charge on any atom is -0.405 e. The molecule has 8 nitrogen and oxygen atoms in total. The number of ether oxygens (including phenoxy) is 1. The molecule has 0 aromatic heterocycles. The number of sulfonamides is 1. The number of likely N-dealkylation sites (N-methyl/N-ethyl adjacent to an activating group) is 1. The average Bonchev–Trinajstić information content (AvgIpc) is 2.78. The largest absolute Gasteiger partial charge is 0.573 e. The van der Waals surface area contributed by atoms with E-state index in [0.717, 1.165) is 10.6 Å².